The predicted molar refractivity (Wildman–Crippen MR) is 136 cm³/mol. The highest BCUT2D eigenvalue weighted by Crippen LogP contribution is 2.22. The Morgan fingerprint density at radius 2 is 1.81 bits per heavy atom. The first kappa shape index (κ1) is 32.8. The van der Waals surface area contributed by atoms with Crippen LogP contribution in [0.1, 0.15) is 73.5 Å². The highest BCUT2D eigenvalue weighted by Gasteiger charge is 2.26. The molecule has 14 heteroatoms. The van der Waals surface area contributed by atoms with E-state index in [0.717, 1.165) is 30.3 Å². The molecule has 212 valence electrons. The van der Waals surface area contributed by atoms with Crippen LogP contribution in [0.4, 0.5) is 10.2 Å². The van der Waals surface area contributed by atoms with Gasteiger partial charge in [0.2, 0.25) is 12.3 Å². The third-order valence-electron chi connectivity index (χ3n) is 5.22. The lowest BCUT2D eigenvalue weighted by Gasteiger charge is -2.24. The number of alkyl halides is 1. The van der Waals surface area contributed by atoms with E-state index in [1.807, 2.05) is 13.8 Å². The van der Waals surface area contributed by atoms with Crippen molar-refractivity contribution in [2.24, 2.45) is 5.92 Å². The molecule has 3 N–H and O–H groups in total. The van der Waals surface area contributed by atoms with Crippen LogP contribution in [0.15, 0.2) is 17.1 Å². The number of hydrogen-bond acceptors (Lipinski definition) is 9. The average molecular weight is 551 g/mol. The fourth-order valence-electron chi connectivity index (χ4n) is 3.36. The molecule has 5 atom stereocenters. The van der Waals surface area contributed by atoms with Gasteiger partial charge in [0.15, 0.2) is 0 Å². The SMILES string of the molecule is CCCC(CCC)C(=O)Nc1ccn([C@@H](C)OC(CO[PH](=O)N[C@@H](C)C(=O)OC(C)C)C(O)F)c(=O)n1. The molecule has 0 saturated carbocycles. The standard InChI is InChI=1S/C23H40FN4O8P/c1-7-9-17(10-8-2)21(30)25-19-11-12-28(23(32)26-19)16(6)36-18(20(24)29)13-34-37(33)27-15(5)22(31)35-14(3)4/h11-12,14-18,20,29,37H,7-10,13H2,1-6H3,(H,27,33)(H,25,26,30,32)/t15-,16+,18?,20?/m0/s1. The largest absolute Gasteiger partial charge is 0.462 e. The maximum absolute atomic E-state index is 13.8. The molecule has 0 aliphatic heterocycles. The quantitative estimate of drug-likeness (QED) is 0.194. The first-order valence-electron chi connectivity index (χ1n) is 12.4. The summed E-state index contributed by atoms with van der Waals surface area (Å²) in [6.45, 7) is 9.52. The number of ether oxygens (including phenoxy) is 2. The van der Waals surface area contributed by atoms with Crippen molar-refractivity contribution >= 4 is 25.9 Å². The first-order chi connectivity index (χ1) is 17.4. The van der Waals surface area contributed by atoms with Gasteiger partial charge in [-0.25, -0.2) is 14.3 Å². The molecule has 0 aliphatic rings. The second kappa shape index (κ2) is 16.6. The topological polar surface area (TPSA) is 158 Å². The van der Waals surface area contributed by atoms with Crippen molar-refractivity contribution in [3.05, 3.63) is 22.7 Å². The van der Waals surface area contributed by atoms with Crippen LogP contribution in [-0.2, 0) is 28.2 Å². The average Bonchev–Trinajstić information content (AvgIpc) is 2.80. The van der Waals surface area contributed by atoms with Crippen LogP contribution in [0.3, 0.4) is 0 Å². The molecule has 1 heterocycles. The monoisotopic (exact) mass is 550 g/mol. The van der Waals surface area contributed by atoms with E-state index in [9.17, 15) is 28.4 Å². The van der Waals surface area contributed by atoms with Gasteiger partial charge in [0.05, 0.1) is 12.7 Å². The number of carbonyl (C=O) groups is 2. The number of aliphatic hydroxyl groups is 1. The van der Waals surface area contributed by atoms with E-state index >= 15 is 0 Å². The molecule has 12 nitrogen and oxygen atoms in total. The zero-order chi connectivity index (χ0) is 28.1. The molecular formula is C23H40FN4O8P. The Morgan fingerprint density at radius 3 is 2.32 bits per heavy atom. The summed E-state index contributed by atoms with van der Waals surface area (Å²) in [6, 6.07) is 0.469. The van der Waals surface area contributed by atoms with E-state index in [-0.39, 0.29) is 23.7 Å². The Hall–Kier alpha value is -2.18. The second-order valence-corrected chi connectivity index (χ2v) is 10.0. The van der Waals surface area contributed by atoms with E-state index in [1.54, 1.807) is 13.8 Å². The van der Waals surface area contributed by atoms with Gasteiger partial charge in [-0.1, -0.05) is 26.7 Å². The predicted octanol–water partition coefficient (Wildman–Crippen LogP) is 2.93. The fraction of sp³-hybridized carbons (Fsp3) is 0.739. The molecule has 0 fully saturated rings. The summed E-state index contributed by atoms with van der Waals surface area (Å²) in [6.07, 6.45) is -1.10. The molecule has 1 aromatic rings. The number of nitrogens with zero attached hydrogens (tertiary/aromatic N) is 2. The molecule has 1 amide bonds. The van der Waals surface area contributed by atoms with Gasteiger partial charge in [-0.15, -0.1) is 0 Å². The number of carbonyl (C=O) groups excluding carboxylic acids is 2. The molecule has 0 spiro atoms. The van der Waals surface area contributed by atoms with Crippen molar-refractivity contribution in [3.8, 4) is 0 Å². The van der Waals surface area contributed by atoms with Crippen LogP contribution >= 0.6 is 8.18 Å². The normalized spacial score (nSPS) is 15.7. The Labute approximate surface area is 217 Å². The zero-order valence-corrected chi connectivity index (χ0v) is 23.2. The highest BCUT2D eigenvalue weighted by molar-refractivity contribution is 7.36. The maximum atomic E-state index is 13.8. The van der Waals surface area contributed by atoms with Crippen molar-refractivity contribution < 1.29 is 37.6 Å². The van der Waals surface area contributed by atoms with Crippen LogP contribution in [0, 0.1) is 5.92 Å². The number of aliphatic hydroxyl groups excluding tert-OH is 1. The summed E-state index contributed by atoms with van der Waals surface area (Å²) in [5, 5.41) is 14.5. The zero-order valence-electron chi connectivity index (χ0n) is 22.2. The van der Waals surface area contributed by atoms with Gasteiger partial charge in [0, 0.05) is 12.1 Å². The smallest absolute Gasteiger partial charge is 0.351 e. The minimum atomic E-state index is -3.02. The first-order valence-corrected chi connectivity index (χ1v) is 13.7. The van der Waals surface area contributed by atoms with Crippen LogP contribution in [0.2, 0.25) is 0 Å². The minimum absolute atomic E-state index is 0.0795. The van der Waals surface area contributed by atoms with E-state index in [1.165, 1.54) is 26.1 Å². The summed E-state index contributed by atoms with van der Waals surface area (Å²) in [4.78, 5) is 40.6. The molecule has 0 aliphatic carbocycles. The van der Waals surface area contributed by atoms with E-state index in [2.05, 4.69) is 15.4 Å². The van der Waals surface area contributed by atoms with Crippen molar-refractivity contribution in [1.29, 1.82) is 0 Å². The molecule has 0 radical (unpaired) electrons. The Kier molecular flexibility index (Phi) is 14.8. The number of halogens is 1. The third kappa shape index (κ3) is 11.8. The Bertz CT molecular complexity index is 940. The number of amides is 1. The molecule has 1 aromatic heterocycles. The number of anilines is 1. The van der Waals surface area contributed by atoms with Gasteiger partial charge >= 0.3 is 11.7 Å². The number of hydrogen-bond donors (Lipinski definition) is 3. The van der Waals surface area contributed by atoms with Crippen molar-refractivity contribution in [2.75, 3.05) is 11.9 Å². The molecule has 0 aromatic carbocycles. The summed E-state index contributed by atoms with van der Waals surface area (Å²) in [5.41, 5.74) is -0.770. The van der Waals surface area contributed by atoms with Gasteiger partial charge in [-0.05, 0) is 46.6 Å². The maximum Gasteiger partial charge on any atom is 0.351 e. The second-order valence-electron chi connectivity index (χ2n) is 8.86. The fourth-order valence-corrected chi connectivity index (χ4v) is 4.23. The van der Waals surface area contributed by atoms with Crippen LogP contribution in [0.25, 0.3) is 0 Å². The molecular weight excluding hydrogens is 510 g/mol. The van der Waals surface area contributed by atoms with Gasteiger partial charge in [-0.3, -0.25) is 18.7 Å². The number of nitrogens with one attached hydrogen (secondary N) is 2. The number of esters is 1. The molecule has 0 bridgehead atoms. The number of aromatic nitrogens is 2. The van der Waals surface area contributed by atoms with Crippen molar-refractivity contribution in [1.82, 2.24) is 14.6 Å². The molecule has 0 saturated heterocycles. The van der Waals surface area contributed by atoms with Gasteiger partial charge in [0.1, 0.15) is 24.2 Å². The Balaban J connectivity index is 2.75. The highest BCUT2D eigenvalue weighted by atomic mass is 31.1. The minimum Gasteiger partial charge on any atom is -0.462 e. The van der Waals surface area contributed by atoms with Gasteiger partial charge in [-0.2, -0.15) is 4.98 Å². The summed E-state index contributed by atoms with van der Waals surface area (Å²) >= 11 is 0. The van der Waals surface area contributed by atoms with E-state index in [0.29, 0.717) is 0 Å². The van der Waals surface area contributed by atoms with Crippen molar-refractivity contribution in [3.63, 3.8) is 0 Å². The molecule has 37 heavy (non-hydrogen) atoms. The third-order valence-corrected chi connectivity index (χ3v) is 6.31. The molecule has 1 rings (SSSR count). The number of rotatable bonds is 17. The lowest BCUT2D eigenvalue weighted by Crippen LogP contribution is -2.36. The lowest BCUT2D eigenvalue weighted by atomic mass is 9.97. The summed E-state index contributed by atoms with van der Waals surface area (Å²) < 4.78 is 42.3. The molecule has 3 unspecified atom stereocenters. The van der Waals surface area contributed by atoms with Crippen LogP contribution < -0.4 is 16.1 Å². The van der Waals surface area contributed by atoms with Crippen molar-refractivity contribution in [2.45, 2.75) is 98.1 Å². The van der Waals surface area contributed by atoms with E-state index in [4.69, 9.17) is 14.0 Å². The van der Waals surface area contributed by atoms with Crippen LogP contribution in [0.5, 0.6) is 0 Å². The van der Waals surface area contributed by atoms with Gasteiger partial charge < -0.3 is 24.4 Å². The summed E-state index contributed by atoms with van der Waals surface area (Å²) in [5.74, 6) is -0.956. The van der Waals surface area contributed by atoms with Gasteiger partial charge in [0.25, 0.3) is 8.18 Å². The summed E-state index contributed by atoms with van der Waals surface area (Å²) in [7, 11) is -3.02. The van der Waals surface area contributed by atoms with Crippen LogP contribution in [-0.4, -0.2) is 57.7 Å². The Morgan fingerprint density at radius 1 is 1.19 bits per heavy atom. The van der Waals surface area contributed by atoms with E-state index < -0.39 is 51.2 Å². The lowest BCUT2D eigenvalue weighted by molar-refractivity contribution is -0.153.